The molecule has 2 aromatic rings. The molecule has 1 aliphatic heterocycles. The van der Waals surface area contributed by atoms with E-state index in [0.717, 1.165) is 12.3 Å². The van der Waals surface area contributed by atoms with Crippen LogP contribution < -0.4 is 15.0 Å². The van der Waals surface area contributed by atoms with Gasteiger partial charge in [0.05, 0.1) is 12.8 Å². The van der Waals surface area contributed by atoms with Gasteiger partial charge in [0.25, 0.3) is 5.91 Å². The zero-order valence-electron chi connectivity index (χ0n) is 13.4. The maximum absolute atomic E-state index is 13.9. The summed E-state index contributed by atoms with van der Waals surface area (Å²) < 4.78 is 18.8. The second-order valence-electron chi connectivity index (χ2n) is 5.11. The van der Waals surface area contributed by atoms with Crippen LogP contribution in [0.2, 0.25) is 0 Å². The highest BCUT2D eigenvalue weighted by Crippen LogP contribution is 2.23. The Morgan fingerprint density at radius 1 is 1.19 bits per heavy atom. The van der Waals surface area contributed by atoms with Crippen molar-refractivity contribution in [2.24, 2.45) is 10.9 Å². The molecule has 1 fully saturated rings. The van der Waals surface area contributed by atoms with Gasteiger partial charge in [-0.05, 0) is 18.2 Å². The summed E-state index contributed by atoms with van der Waals surface area (Å²) in [4.78, 5) is 41.0. The fourth-order valence-corrected chi connectivity index (χ4v) is 2.22. The lowest BCUT2D eigenvalue weighted by atomic mass is 10.1. The number of carbonyl (C=O) groups is 3. The molecular weight excluding hydrogens is 345 g/mol. The van der Waals surface area contributed by atoms with Gasteiger partial charge in [-0.2, -0.15) is 0 Å². The Bertz CT molecular complexity index is 900. The van der Waals surface area contributed by atoms with Gasteiger partial charge in [-0.25, -0.2) is 19.1 Å². The fourth-order valence-electron chi connectivity index (χ4n) is 2.22. The molecule has 1 aliphatic rings. The third kappa shape index (κ3) is 3.24. The molecule has 0 saturated carbocycles. The smallest absolute Gasteiger partial charge is 0.335 e. The first-order valence-electron chi connectivity index (χ1n) is 7.36. The zero-order chi connectivity index (χ0) is 18.7. The Hall–Kier alpha value is -3.69. The van der Waals surface area contributed by atoms with Gasteiger partial charge in [0, 0.05) is 12.3 Å². The monoisotopic (exact) mass is 357 g/mol. The van der Waals surface area contributed by atoms with Crippen LogP contribution >= 0.6 is 0 Å². The number of aliphatic imine (C=N–C) groups is 1. The Labute approximate surface area is 146 Å². The summed E-state index contributed by atoms with van der Waals surface area (Å²) >= 11 is 0. The molecule has 9 nitrogen and oxygen atoms in total. The van der Waals surface area contributed by atoms with Gasteiger partial charge in [0.15, 0.2) is 11.7 Å². The molecule has 26 heavy (non-hydrogen) atoms. The van der Waals surface area contributed by atoms with Crippen molar-refractivity contribution in [3.8, 4) is 5.88 Å². The number of benzene rings is 1. The number of rotatable bonds is 4. The van der Waals surface area contributed by atoms with Gasteiger partial charge in [-0.1, -0.05) is 12.1 Å². The Morgan fingerprint density at radius 2 is 1.96 bits per heavy atom. The number of nitrogens with zero attached hydrogens (tertiary/aromatic N) is 4. The van der Waals surface area contributed by atoms with E-state index < -0.39 is 29.6 Å². The summed E-state index contributed by atoms with van der Waals surface area (Å²) in [5.74, 6) is -3.59. The lowest BCUT2D eigenvalue weighted by Crippen LogP contribution is -2.58. The molecule has 3 rings (SSSR count). The highest BCUT2D eigenvalue weighted by molar-refractivity contribution is 6.32. The number of carbonyl (C=O) groups excluding carboxylic acids is 3. The first-order chi connectivity index (χ1) is 12.5. The minimum atomic E-state index is -1.42. The van der Waals surface area contributed by atoms with Gasteiger partial charge in [-0.3, -0.25) is 14.9 Å². The third-order valence-corrected chi connectivity index (χ3v) is 3.49. The van der Waals surface area contributed by atoms with Crippen molar-refractivity contribution in [3.05, 3.63) is 42.2 Å². The highest BCUT2D eigenvalue weighted by atomic mass is 19.1. The van der Waals surface area contributed by atoms with Gasteiger partial charge >= 0.3 is 6.03 Å². The highest BCUT2D eigenvalue weighted by Gasteiger charge is 2.41. The SMILES string of the molecule is COc1ccc(N=C[C@@H]2C(=O)NC(=O)N(c3ccccc3F)C2=O)nn1. The van der Waals surface area contributed by atoms with Crippen molar-refractivity contribution in [2.75, 3.05) is 12.0 Å². The van der Waals surface area contributed by atoms with Crippen LogP contribution in [0.15, 0.2) is 41.4 Å². The molecule has 0 spiro atoms. The van der Waals surface area contributed by atoms with E-state index in [9.17, 15) is 18.8 Å². The predicted molar refractivity (Wildman–Crippen MR) is 87.7 cm³/mol. The number of urea groups is 1. The molecule has 1 saturated heterocycles. The zero-order valence-corrected chi connectivity index (χ0v) is 13.4. The Morgan fingerprint density at radius 3 is 2.62 bits per heavy atom. The van der Waals surface area contributed by atoms with Crippen molar-refractivity contribution in [3.63, 3.8) is 0 Å². The molecule has 2 heterocycles. The lowest BCUT2D eigenvalue weighted by molar-refractivity contribution is -0.131. The van der Waals surface area contributed by atoms with Crippen LogP contribution in [0.1, 0.15) is 0 Å². The summed E-state index contributed by atoms with van der Waals surface area (Å²) in [6.45, 7) is 0. The molecule has 0 unspecified atom stereocenters. The summed E-state index contributed by atoms with van der Waals surface area (Å²) in [6, 6.07) is 7.17. The number of anilines is 1. The number of amides is 4. The van der Waals surface area contributed by atoms with Gasteiger partial charge in [0.1, 0.15) is 5.82 Å². The summed E-state index contributed by atoms with van der Waals surface area (Å²) in [5, 5.41) is 9.44. The first-order valence-corrected chi connectivity index (χ1v) is 7.36. The second-order valence-corrected chi connectivity index (χ2v) is 5.11. The average molecular weight is 357 g/mol. The maximum Gasteiger partial charge on any atom is 0.335 e. The summed E-state index contributed by atoms with van der Waals surface area (Å²) in [5.41, 5.74) is -0.259. The van der Waals surface area contributed by atoms with E-state index in [0.29, 0.717) is 4.90 Å². The largest absolute Gasteiger partial charge is 0.480 e. The molecule has 1 aromatic carbocycles. The van der Waals surface area contributed by atoms with Crippen molar-refractivity contribution in [1.82, 2.24) is 15.5 Å². The quantitative estimate of drug-likeness (QED) is 0.650. The number of hydrogen-bond acceptors (Lipinski definition) is 7. The van der Waals surface area contributed by atoms with E-state index in [2.05, 4.69) is 15.2 Å². The predicted octanol–water partition coefficient (Wildman–Crippen LogP) is 1.23. The van der Waals surface area contributed by atoms with E-state index in [4.69, 9.17) is 4.74 Å². The van der Waals surface area contributed by atoms with Crippen LogP contribution in [0.5, 0.6) is 5.88 Å². The Kier molecular flexibility index (Phi) is 4.65. The van der Waals surface area contributed by atoms with Crippen molar-refractivity contribution >= 4 is 35.6 Å². The molecule has 0 bridgehead atoms. The van der Waals surface area contributed by atoms with Crippen molar-refractivity contribution in [2.45, 2.75) is 0 Å². The molecule has 0 radical (unpaired) electrons. The number of aromatic nitrogens is 2. The normalized spacial score (nSPS) is 17.5. The van der Waals surface area contributed by atoms with Crippen LogP contribution in [0.4, 0.5) is 20.7 Å². The van der Waals surface area contributed by atoms with Crippen LogP contribution in [0.25, 0.3) is 0 Å². The number of hydrogen-bond donors (Lipinski definition) is 1. The number of halogens is 1. The van der Waals surface area contributed by atoms with Gasteiger partial charge in [0.2, 0.25) is 11.8 Å². The minimum absolute atomic E-state index is 0.126. The molecule has 10 heteroatoms. The lowest BCUT2D eigenvalue weighted by Gasteiger charge is -2.28. The molecule has 1 atom stereocenters. The molecule has 132 valence electrons. The van der Waals surface area contributed by atoms with E-state index >= 15 is 0 Å². The topological polar surface area (TPSA) is 114 Å². The molecule has 4 amide bonds. The number of barbiturate groups is 1. The van der Waals surface area contributed by atoms with Crippen LogP contribution in [0, 0.1) is 11.7 Å². The Balaban J connectivity index is 1.87. The van der Waals surface area contributed by atoms with E-state index in [1.54, 1.807) is 0 Å². The van der Waals surface area contributed by atoms with E-state index in [-0.39, 0.29) is 17.4 Å². The molecule has 1 aromatic heterocycles. The summed E-state index contributed by atoms with van der Waals surface area (Å²) in [7, 11) is 1.42. The van der Waals surface area contributed by atoms with E-state index in [1.807, 2.05) is 5.32 Å². The maximum atomic E-state index is 13.9. The van der Waals surface area contributed by atoms with Gasteiger partial charge in [-0.15, -0.1) is 10.2 Å². The van der Waals surface area contributed by atoms with Gasteiger partial charge < -0.3 is 4.74 Å². The first kappa shape index (κ1) is 17.1. The van der Waals surface area contributed by atoms with E-state index in [1.165, 1.54) is 37.4 Å². The van der Waals surface area contributed by atoms with Crippen LogP contribution in [0.3, 0.4) is 0 Å². The molecular formula is C16H12FN5O4. The number of nitrogens with one attached hydrogen (secondary N) is 1. The standard InChI is InChI=1S/C16H12FN5O4/c1-26-13-7-6-12(20-21-13)18-8-9-14(23)19-16(25)22(15(9)24)11-5-3-2-4-10(11)17/h2-9H,1H3,(H,19,23,25)/t9-/m1/s1. The number of methoxy groups -OCH3 is 1. The van der Waals surface area contributed by atoms with Crippen molar-refractivity contribution < 1.29 is 23.5 Å². The summed E-state index contributed by atoms with van der Waals surface area (Å²) in [6.07, 6.45) is 1.02. The number of para-hydroxylation sites is 1. The minimum Gasteiger partial charge on any atom is -0.480 e. The van der Waals surface area contributed by atoms with Crippen LogP contribution in [-0.4, -0.2) is 41.4 Å². The van der Waals surface area contributed by atoms with Crippen molar-refractivity contribution in [1.29, 1.82) is 0 Å². The molecule has 1 N–H and O–H groups in total. The van der Waals surface area contributed by atoms with Crippen LogP contribution in [-0.2, 0) is 9.59 Å². The fraction of sp³-hybridized carbons (Fsp3) is 0.125. The third-order valence-electron chi connectivity index (χ3n) is 3.49. The second kappa shape index (κ2) is 7.05. The average Bonchev–Trinajstić information content (AvgIpc) is 2.63. The number of ether oxygens (including phenoxy) is 1. The number of imide groups is 2. The molecule has 0 aliphatic carbocycles.